The number of carbonyl (C=O) groups is 2. The van der Waals surface area contributed by atoms with Crippen molar-refractivity contribution in [2.24, 2.45) is 0 Å². The second-order valence-corrected chi connectivity index (χ2v) is 8.13. The van der Waals surface area contributed by atoms with E-state index in [1.807, 2.05) is 13.8 Å². The van der Waals surface area contributed by atoms with Crippen LogP contribution in [-0.4, -0.2) is 43.9 Å². The van der Waals surface area contributed by atoms with Crippen LogP contribution in [0.3, 0.4) is 0 Å². The Morgan fingerprint density at radius 3 is 2.35 bits per heavy atom. The van der Waals surface area contributed by atoms with Crippen LogP contribution in [-0.2, 0) is 9.84 Å². The number of amides is 3. The minimum atomic E-state index is -3.03. The Kier molecular flexibility index (Phi) is 5.25. The van der Waals surface area contributed by atoms with Crippen molar-refractivity contribution in [3.8, 4) is 0 Å². The first-order valence-electron chi connectivity index (χ1n) is 7.44. The van der Waals surface area contributed by atoms with Crippen molar-refractivity contribution in [1.29, 1.82) is 0 Å². The van der Waals surface area contributed by atoms with Crippen molar-refractivity contribution >= 4 is 27.5 Å². The number of urea groups is 1. The molecule has 126 valence electrons. The second kappa shape index (κ2) is 6.99. The molecule has 1 aliphatic heterocycles. The molecule has 2 rings (SSSR count). The van der Waals surface area contributed by atoms with Gasteiger partial charge >= 0.3 is 6.03 Å². The molecule has 1 atom stereocenters. The van der Waals surface area contributed by atoms with Crippen LogP contribution in [0.2, 0.25) is 0 Å². The van der Waals surface area contributed by atoms with E-state index >= 15 is 0 Å². The first kappa shape index (κ1) is 17.3. The molecule has 1 fully saturated rings. The molecule has 23 heavy (non-hydrogen) atoms. The molecule has 0 bridgehead atoms. The number of benzene rings is 1. The zero-order valence-electron chi connectivity index (χ0n) is 13.1. The SMILES string of the molecule is CC(C)NC(=O)c1ccc(NC(=O)NC2CCS(=O)(=O)C2)cc1. The van der Waals surface area contributed by atoms with Gasteiger partial charge in [0.1, 0.15) is 0 Å². The van der Waals surface area contributed by atoms with Gasteiger partial charge in [-0.3, -0.25) is 4.79 Å². The average molecular weight is 339 g/mol. The topological polar surface area (TPSA) is 104 Å². The Morgan fingerprint density at radius 2 is 1.83 bits per heavy atom. The molecular weight excluding hydrogens is 318 g/mol. The number of hydrogen-bond acceptors (Lipinski definition) is 4. The van der Waals surface area contributed by atoms with Crippen LogP contribution >= 0.6 is 0 Å². The lowest BCUT2D eigenvalue weighted by atomic mass is 10.2. The summed E-state index contributed by atoms with van der Waals surface area (Å²) in [7, 11) is -3.03. The molecule has 0 aliphatic carbocycles. The van der Waals surface area contributed by atoms with Crippen LogP contribution in [0.5, 0.6) is 0 Å². The lowest BCUT2D eigenvalue weighted by Crippen LogP contribution is -2.38. The highest BCUT2D eigenvalue weighted by atomic mass is 32.2. The fraction of sp³-hybridized carbons (Fsp3) is 0.467. The van der Waals surface area contributed by atoms with Gasteiger partial charge in [0.25, 0.3) is 5.91 Å². The van der Waals surface area contributed by atoms with Gasteiger partial charge in [0.05, 0.1) is 11.5 Å². The second-order valence-electron chi connectivity index (χ2n) is 5.90. The Labute approximate surface area is 135 Å². The Balaban J connectivity index is 1.88. The molecule has 1 unspecified atom stereocenters. The van der Waals surface area contributed by atoms with Crippen molar-refractivity contribution in [3.63, 3.8) is 0 Å². The van der Waals surface area contributed by atoms with Gasteiger partial charge in [-0.1, -0.05) is 0 Å². The number of rotatable bonds is 4. The van der Waals surface area contributed by atoms with E-state index in [9.17, 15) is 18.0 Å². The number of sulfone groups is 1. The maximum Gasteiger partial charge on any atom is 0.319 e. The summed E-state index contributed by atoms with van der Waals surface area (Å²) in [5.74, 6) is -0.0843. The zero-order chi connectivity index (χ0) is 17.0. The smallest absolute Gasteiger partial charge is 0.319 e. The summed E-state index contributed by atoms with van der Waals surface area (Å²) < 4.78 is 22.7. The largest absolute Gasteiger partial charge is 0.350 e. The maximum atomic E-state index is 11.8. The summed E-state index contributed by atoms with van der Waals surface area (Å²) >= 11 is 0. The van der Waals surface area contributed by atoms with E-state index in [4.69, 9.17) is 0 Å². The minimum absolute atomic E-state index is 0.0191. The standard InChI is InChI=1S/C15H21N3O4S/c1-10(2)16-14(19)11-3-5-12(6-4-11)17-15(20)18-13-7-8-23(21,22)9-13/h3-6,10,13H,7-9H2,1-2H3,(H,16,19)(H2,17,18,20). The fourth-order valence-electron chi connectivity index (χ4n) is 2.31. The third kappa shape index (κ3) is 5.24. The van der Waals surface area contributed by atoms with Crippen molar-refractivity contribution in [1.82, 2.24) is 10.6 Å². The van der Waals surface area contributed by atoms with Gasteiger partial charge in [-0.05, 0) is 44.5 Å². The van der Waals surface area contributed by atoms with Crippen molar-refractivity contribution in [2.45, 2.75) is 32.4 Å². The molecule has 0 aromatic heterocycles. The summed E-state index contributed by atoms with van der Waals surface area (Å²) in [4.78, 5) is 23.7. The van der Waals surface area contributed by atoms with Gasteiger partial charge in [-0.2, -0.15) is 0 Å². The van der Waals surface area contributed by atoms with E-state index in [2.05, 4.69) is 16.0 Å². The molecule has 3 N–H and O–H groups in total. The van der Waals surface area contributed by atoms with Gasteiger partial charge < -0.3 is 16.0 Å². The molecule has 3 amide bonds. The minimum Gasteiger partial charge on any atom is -0.350 e. The van der Waals surface area contributed by atoms with Crippen LogP contribution in [0.15, 0.2) is 24.3 Å². The normalized spacial score (nSPS) is 19.3. The summed E-state index contributed by atoms with van der Waals surface area (Å²) in [5, 5.41) is 8.04. The van der Waals surface area contributed by atoms with Gasteiger partial charge in [0.15, 0.2) is 9.84 Å². The highest BCUT2D eigenvalue weighted by Crippen LogP contribution is 2.13. The van der Waals surface area contributed by atoms with Crippen molar-refractivity contribution in [2.75, 3.05) is 16.8 Å². The van der Waals surface area contributed by atoms with Crippen LogP contribution in [0.25, 0.3) is 0 Å². The first-order chi connectivity index (χ1) is 10.7. The molecule has 0 spiro atoms. The summed E-state index contributed by atoms with van der Waals surface area (Å²) in [6.45, 7) is 3.75. The quantitative estimate of drug-likeness (QED) is 0.765. The lowest BCUT2D eigenvalue weighted by molar-refractivity contribution is 0.0943. The van der Waals surface area contributed by atoms with Crippen LogP contribution in [0.1, 0.15) is 30.6 Å². The number of carbonyl (C=O) groups excluding carboxylic acids is 2. The number of nitrogens with one attached hydrogen (secondary N) is 3. The van der Waals surface area contributed by atoms with E-state index in [0.29, 0.717) is 17.7 Å². The highest BCUT2D eigenvalue weighted by molar-refractivity contribution is 7.91. The highest BCUT2D eigenvalue weighted by Gasteiger charge is 2.28. The van der Waals surface area contributed by atoms with Gasteiger partial charge in [-0.15, -0.1) is 0 Å². The third-order valence-electron chi connectivity index (χ3n) is 3.39. The van der Waals surface area contributed by atoms with Crippen LogP contribution < -0.4 is 16.0 Å². The molecule has 1 aromatic carbocycles. The van der Waals surface area contributed by atoms with E-state index in [1.165, 1.54) is 0 Å². The molecule has 1 heterocycles. The zero-order valence-corrected chi connectivity index (χ0v) is 13.9. The molecule has 0 radical (unpaired) electrons. The molecule has 1 aromatic rings. The summed E-state index contributed by atoms with van der Waals surface area (Å²) in [6, 6.07) is 5.73. The molecule has 7 nitrogen and oxygen atoms in total. The van der Waals surface area contributed by atoms with E-state index in [-0.39, 0.29) is 29.5 Å². The maximum absolute atomic E-state index is 11.8. The monoisotopic (exact) mass is 339 g/mol. The van der Waals surface area contributed by atoms with E-state index < -0.39 is 15.9 Å². The third-order valence-corrected chi connectivity index (χ3v) is 5.16. The Hall–Kier alpha value is -2.09. The van der Waals surface area contributed by atoms with Crippen molar-refractivity contribution in [3.05, 3.63) is 29.8 Å². The van der Waals surface area contributed by atoms with Crippen molar-refractivity contribution < 1.29 is 18.0 Å². The van der Waals surface area contributed by atoms with E-state index in [1.54, 1.807) is 24.3 Å². The van der Waals surface area contributed by atoms with Crippen LogP contribution in [0.4, 0.5) is 10.5 Å². The summed E-state index contributed by atoms with van der Waals surface area (Å²) in [6.07, 6.45) is 0.435. The predicted octanol–water partition coefficient (Wildman–Crippen LogP) is 1.13. The summed E-state index contributed by atoms with van der Waals surface area (Å²) in [5.41, 5.74) is 1.04. The Bertz CT molecular complexity index is 683. The molecule has 0 saturated carbocycles. The fourth-order valence-corrected chi connectivity index (χ4v) is 3.99. The number of anilines is 1. The average Bonchev–Trinajstić information content (AvgIpc) is 2.77. The molecule has 8 heteroatoms. The van der Waals surface area contributed by atoms with Gasteiger partial charge in [0, 0.05) is 23.3 Å². The molecule has 1 aliphatic rings. The molecular formula is C15H21N3O4S. The Morgan fingerprint density at radius 1 is 1.17 bits per heavy atom. The van der Waals surface area contributed by atoms with Gasteiger partial charge in [0.2, 0.25) is 0 Å². The number of hydrogen-bond donors (Lipinski definition) is 3. The lowest BCUT2D eigenvalue weighted by Gasteiger charge is -2.12. The first-order valence-corrected chi connectivity index (χ1v) is 9.26. The van der Waals surface area contributed by atoms with Crippen LogP contribution in [0, 0.1) is 0 Å². The van der Waals surface area contributed by atoms with E-state index in [0.717, 1.165) is 0 Å². The molecule has 1 saturated heterocycles. The predicted molar refractivity (Wildman–Crippen MR) is 88.3 cm³/mol. The van der Waals surface area contributed by atoms with Gasteiger partial charge in [-0.25, -0.2) is 13.2 Å².